The molecule has 19 heavy (non-hydrogen) atoms. The maximum atomic E-state index is 12.0. The van der Waals surface area contributed by atoms with Crippen molar-refractivity contribution in [3.63, 3.8) is 0 Å². The van der Waals surface area contributed by atoms with Gasteiger partial charge >= 0.3 is 0 Å². The summed E-state index contributed by atoms with van der Waals surface area (Å²) in [5, 5.41) is 13.1. The average molecular weight is 349 g/mol. The molecule has 3 nitrogen and oxygen atoms in total. The van der Waals surface area contributed by atoms with Crippen LogP contribution >= 0.6 is 27.5 Å². The van der Waals surface area contributed by atoms with Gasteiger partial charge < -0.3 is 10.4 Å². The summed E-state index contributed by atoms with van der Waals surface area (Å²) in [6, 6.07) is 5.11. The number of rotatable bonds is 6. The third kappa shape index (κ3) is 4.79. The van der Waals surface area contributed by atoms with Crippen LogP contribution < -0.4 is 5.32 Å². The summed E-state index contributed by atoms with van der Waals surface area (Å²) in [7, 11) is 0. The molecule has 0 heterocycles. The van der Waals surface area contributed by atoms with Gasteiger partial charge in [0.2, 0.25) is 0 Å². The highest BCUT2D eigenvalue weighted by atomic mass is 79.9. The number of nitrogens with one attached hydrogen (secondary N) is 1. The molecule has 0 fully saturated rings. The summed E-state index contributed by atoms with van der Waals surface area (Å²) in [6.45, 7) is 4.31. The van der Waals surface area contributed by atoms with Gasteiger partial charge in [-0.25, -0.2) is 0 Å². The van der Waals surface area contributed by atoms with Crippen LogP contribution in [0.25, 0.3) is 0 Å². The molecule has 0 spiro atoms. The number of carbonyl (C=O) groups excluding carboxylic acids is 1. The Labute approximate surface area is 127 Å². The maximum Gasteiger partial charge on any atom is 0.252 e. The molecule has 1 rings (SSSR count). The Morgan fingerprint density at radius 2 is 2.05 bits per heavy atom. The van der Waals surface area contributed by atoms with E-state index in [2.05, 4.69) is 21.2 Å². The normalized spacial score (nSPS) is 12.5. The monoisotopic (exact) mass is 347 g/mol. The van der Waals surface area contributed by atoms with Crippen molar-refractivity contribution >= 4 is 33.4 Å². The number of hydrogen-bond acceptors (Lipinski definition) is 2. The van der Waals surface area contributed by atoms with Crippen LogP contribution in [0.5, 0.6) is 0 Å². The van der Waals surface area contributed by atoms with Crippen molar-refractivity contribution in [2.75, 3.05) is 6.54 Å². The van der Waals surface area contributed by atoms with Gasteiger partial charge in [0.05, 0.1) is 16.7 Å². The second-order valence-corrected chi connectivity index (χ2v) is 5.80. The van der Waals surface area contributed by atoms with Gasteiger partial charge in [0.25, 0.3) is 5.91 Å². The van der Waals surface area contributed by atoms with E-state index in [9.17, 15) is 9.90 Å². The highest BCUT2D eigenvalue weighted by molar-refractivity contribution is 9.10. The number of hydrogen-bond donors (Lipinski definition) is 2. The van der Waals surface area contributed by atoms with Crippen molar-refractivity contribution in [1.82, 2.24) is 5.32 Å². The summed E-state index contributed by atoms with van der Waals surface area (Å²) in [5.41, 5.74) is 0.410. The first kappa shape index (κ1) is 16.5. The first-order valence-corrected chi connectivity index (χ1v) is 7.58. The Balaban J connectivity index is 2.63. The molecule has 1 aromatic carbocycles. The number of carbonyl (C=O) groups is 1. The largest absolute Gasteiger partial charge is 0.391 e. The predicted octanol–water partition coefficient (Wildman–Crippen LogP) is 3.63. The van der Waals surface area contributed by atoms with Gasteiger partial charge in [0, 0.05) is 11.0 Å². The molecular weight excluding hydrogens is 330 g/mol. The minimum Gasteiger partial charge on any atom is -0.391 e. The van der Waals surface area contributed by atoms with Crippen molar-refractivity contribution in [3.8, 4) is 0 Å². The smallest absolute Gasteiger partial charge is 0.252 e. The molecule has 2 N–H and O–H groups in total. The van der Waals surface area contributed by atoms with Crippen LogP contribution in [0.15, 0.2) is 22.7 Å². The standard InChI is InChI=1S/C14H19BrClNO2/c1-3-9(4-2)13(18)8-17-14(19)11-7-10(15)5-6-12(11)16/h5-7,9,13,18H,3-4,8H2,1-2H3,(H,17,19). The second kappa shape index (κ2) is 7.88. The van der Waals surface area contributed by atoms with Crippen LogP contribution in [-0.4, -0.2) is 23.7 Å². The third-order valence-corrected chi connectivity index (χ3v) is 4.06. The summed E-state index contributed by atoms with van der Waals surface area (Å²) in [5.74, 6) is -0.0606. The van der Waals surface area contributed by atoms with Crippen molar-refractivity contribution < 1.29 is 9.90 Å². The molecule has 5 heteroatoms. The lowest BCUT2D eigenvalue weighted by atomic mass is 9.96. The summed E-state index contributed by atoms with van der Waals surface area (Å²) in [6.07, 6.45) is 1.26. The van der Waals surface area contributed by atoms with Gasteiger partial charge in [-0.05, 0) is 24.1 Å². The van der Waals surface area contributed by atoms with Gasteiger partial charge in [0.1, 0.15) is 0 Å². The van der Waals surface area contributed by atoms with E-state index >= 15 is 0 Å². The fraction of sp³-hybridized carbons (Fsp3) is 0.500. The van der Waals surface area contributed by atoms with Gasteiger partial charge in [0.15, 0.2) is 0 Å². The molecule has 1 amide bonds. The molecule has 0 radical (unpaired) electrons. The lowest BCUT2D eigenvalue weighted by Crippen LogP contribution is -2.36. The Bertz CT molecular complexity index is 435. The van der Waals surface area contributed by atoms with E-state index in [-0.39, 0.29) is 18.4 Å². The van der Waals surface area contributed by atoms with Crippen LogP contribution in [-0.2, 0) is 0 Å². The minimum absolute atomic E-state index is 0.207. The number of halogens is 2. The highest BCUT2D eigenvalue weighted by Gasteiger charge is 2.17. The van der Waals surface area contributed by atoms with Gasteiger partial charge in [-0.15, -0.1) is 0 Å². The molecule has 0 aliphatic heterocycles. The molecule has 0 saturated carbocycles. The van der Waals surface area contributed by atoms with Crippen LogP contribution in [0.2, 0.25) is 5.02 Å². The maximum absolute atomic E-state index is 12.0. The van der Waals surface area contributed by atoms with Crippen LogP contribution in [0.4, 0.5) is 0 Å². The topological polar surface area (TPSA) is 49.3 Å². The Kier molecular flexibility index (Phi) is 6.83. The van der Waals surface area contributed by atoms with Gasteiger partial charge in [-0.2, -0.15) is 0 Å². The Hall–Kier alpha value is -0.580. The summed E-state index contributed by atoms with van der Waals surface area (Å²) < 4.78 is 0.794. The van der Waals surface area contributed by atoms with Crippen molar-refractivity contribution in [3.05, 3.63) is 33.3 Å². The van der Waals surface area contributed by atoms with Crippen LogP contribution in [0.1, 0.15) is 37.0 Å². The fourth-order valence-electron chi connectivity index (χ4n) is 1.96. The molecule has 0 aliphatic rings. The van der Waals surface area contributed by atoms with E-state index in [0.29, 0.717) is 10.6 Å². The average Bonchev–Trinajstić information content (AvgIpc) is 2.40. The third-order valence-electron chi connectivity index (χ3n) is 3.24. The first-order valence-electron chi connectivity index (χ1n) is 6.40. The molecule has 1 atom stereocenters. The Morgan fingerprint density at radius 1 is 1.42 bits per heavy atom. The molecule has 0 aromatic heterocycles. The van der Waals surface area contributed by atoms with Crippen molar-refractivity contribution in [1.29, 1.82) is 0 Å². The molecule has 1 aromatic rings. The number of benzene rings is 1. The minimum atomic E-state index is -0.523. The van der Waals surface area contributed by atoms with Crippen LogP contribution in [0, 0.1) is 5.92 Å². The molecule has 0 aliphatic carbocycles. The fourth-order valence-corrected chi connectivity index (χ4v) is 2.53. The second-order valence-electron chi connectivity index (χ2n) is 4.48. The van der Waals surface area contributed by atoms with Crippen molar-refractivity contribution in [2.24, 2.45) is 5.92 Å². The summed E-state index contributed by atoms with van der Waals surface area (Å²) >= 11 is 9.28. The zero-order chi connectivity index (χ0) is 14.4. The quantitative estimate of drug-likeness (QED) is 0.825. The number of aliphatic hydroxyl groups excluding tert-OH is 1. The van der Waals surface area contributed by atoms with E-state index in [1.165, 1.54) is 0 Å². The van der Waals surface area contributed by atoms with E-state index in [0.717, 1.165) is 17.3 Å². The van der Waals surface area contributed by atoms with Gasteiger partial charge in [-0.3, -0.25) is 4.79 Å². The highest BCUT2D eigenvalue weighted by Crippen LogP contribution is 2.21. The molecule has 0 bridgehead atoms. The SMILES string of the molecule is CCC(CC)C(O)CNC(=O)c1cc(Br)ccc1Cl. The van der Waals surface area contributed by atoms with E-state index in [1.54, 1.807) is 18.2 Å². The first-order chi connectivity index (χ1) is 8.99. The molecule has 0 saturated heterocycles. The molecule has 106 valence electrons. The predicted molar refractivity (Wildman–Crippen MR) is 81.6 cm³/mol. The number of aliphatic hydroxyl groups is 1. The van der Waals surface area contributed by atoms with Crippen molar-refractivity contribution in [2.45, 2.75) is 32.8 Å². The van der Waals surface area contributed by atoms with E-state index in [1.807, 2.05) is 13.8 Å². The molecule has 1 unspecified atom stereocenters. The van der Waals surface area contributed by atoms with Gasteiger partial charge in [-0.1, -0.05) is 54.2 Å². The number of amides is 1. The summed E-state index contributed by atoms with van der Waals surface area (Å²) in [4.78, 5) is 12.0. The van der Waals surface area contributed by atoms with E-state index < -0.39 is 6.10 Å². The van der Waals surface area contributed by atoms with E-state index in [4.69, 9.17) is 11.6 Å². The Morgan fingerprint density at radius 3 is 2.63 bits per heavy atom. The lowest BCUT2D eigenvalue weighted by molar-refractivity contribution is 0.0816. The molecular formula is C14H19BrClNO2. The lowest BCUT2D eigenvalue weighted by Gasteiger charge is -2.20. The zero-order valence-electron chi connectivity index (χ0n) is 11.1. The van der Waals surface area contributed by atoms with Crippen LogP contribution in [0.3, 0.4) is 0 Å². The zero-order valence-corrected chi connectivity index (χ0v) is 13.5.